The first-order valence-electron chi connectivity index (χ1n) is 5.81. The average Bonchev–Trinajstić information content (AvgIpc) is 3.07. The summed E-state index contributed by atoms with van der Waals surface area (Å²) < 4.78 is 37.7. The van der Waals surface area contributed by atoms with E-state index in [0.29, 0.717) is 11.4 Å². The molecule has 21 heavy (non-hydrogen) atoms. The van der Waals surface area contributed by atoms with Gasteiger partial charge in [0.15, 0.2) is 16.5 Å². The van der Waals surface area contributed by atoms with Crippen LogP contribution in [0.4, 0.5) is 13.2 Å². The first kappa shape index (κ1) is 13.7. The van der Waals surface area contributed by atoms with E-state index in [0.717, 1.165) is 22.5 Å². The number of aromatic amines is 1. The van der Waals surface area contributed by atoms with Crippen molar-refractivity contribution >= 4 is 11.3 Å². The minimum absolute atomic E-state index is 0.125. The quantitative estimate of drug-likeness (QED) is 0.788. The maximum atomic E-state index is 12.6. The molecule has 0 unspecified atom stereocenters. The Hall–Kier alpha value is -2.29. The number of aryl methyl sites for hydroxylation is 1. The van der Waals surface area contributed by atoms with E-state index < -0.39 is 11.9 Å². The van der Waals surface area contributed by atoms with Gasteiger partial charge in [-0.1, -0.05) is 0 Å². The molecule has 0 aliphatic rings. The standard InChI is InChI=1S/C12H8F3N5S/c1-6-17-4-8(18-6)7-2-3-16-10(19-7)11-20-9(5-21-11)12(13,14)15/h2-5H,1H3,(H,17,18). The molecule has 0 aromatic carbocycles. The van der Waals surface area contributed by atoms with Crippen molar-refractivity contribution in [3.63, 3.8) is 0 Å². The number of nitrogens with one attached hydrogen (secondary N) is 1. The average molecular weight is 311 g/mol. The van der Waals surface area contributed by atoms with E-state index in [9.17, 15) is 13.2 Å². The minimum atomic E-state index is -4.47. The van der Waals surface area contributed by atoms with Gasteiger partial charge in [0.2, 0.25) is 0 Å². The van der Waals surface area contributed by atoms with Crippen LogP contribution in [-0.4, -0.2) is 24.9 Å². The molecular formula is C12H8F3N5S. The monoisotopic (exact) mass is 311 g/mol. The molecule has 0 saturated heterocycles. The fraction of sp³-hybridized carbons (Fsp3) is 0.167. The van der Waals surface area contributed by atoms with E-state index in [-0.39, 0.29) is 10.8 Å². The third kappa shape index (κ3) is 2.77. The van der Waals surface area contributed by atoms with Gasteiger partial charge in [0.05, 0.1) is 17.6 Å². The Morgan fingerprint density at radius 1 is 1.19 bits per heavy atom. The summed E-state index contributed by atoms with van der Waals surface area (Å²) in [7, 11) is 0. The number of H-pyrrole nitrogens is 1. The lowest BCUT2D eigenvalue weighted by Gasteiger charge is -2.01. The van der Waals surface area contributed by atoms with Gasteiger partial charge in [0, 0.05) is 11.6 Å². The molecule has 0 atom stereocenters. The molecule has 3 heterocycles. The molecule has 0 aliphatic carbocycles. The first-order chi connectivity index (χ1) is 9.93. The maximum absolute atomic E-state index is 12.6. The van der Waals surface area contributed by atoms with Gasteiger partial charge < -0.3 is 4.98 Å². The number of nitrogens with zero attached hydrogens (tertiary/aromatic N) is 4. The molecule has 0 bridgehead atoms. The van der Waals surface area contributed by atoms with Gasteiger partial charge in [-0.2, -0.15) is 13.2 Å². The number of aromatic nitrogens is 5. The lowest BCUT2D eigenvalue weighted by Crippen LogP contribution is -2.05. The van der Waals surface area contributed by atoms with Crippen LogP contribution in [0.3, 0.4) is 0 Å². The zero-order valence-electron chi connectivity index (χ0n) is 10.6. The molecule has 3 rings (SSSR count). The molecular weight excluding hydrogens is 303 g/mol. The number of hydrogen-bond acceptors (Lipinski definition) is 5. The van der Waals surface area contributed by atoms with Crippen LogP contribution < -0.4 is 0 Å². The van der Waals surface area contributed by atoms with Gasteiger partial charge in [-0.25, -0.2) is 19.9 Å². The molecule has 9 heteroatoms. The Bertz CT molecular complexity index is 777. The number of imidazole rings is 1. The van der Waals surface area contributed by atoms with Gasteiger partial charge in [0.1, 0.15) is 5.82 Å². The number of alkyl halides is 3. The summed E-state index contributed by atoms with van der Waals surface area (Å²) >= 11 is 0.857. The highest BCUT2D eigenvalue weighted by Crippen LogP contribution is 2.32. The highest BCUT2D eigenvalue weighted by Gasteiger charge is 2.34. The highest BCUT2D eigenvalue weighted by atomic mass is 32.1. The van der Waals surface area contributed by atoms with Crippen LogP contribution in [-0.2, 0) is 6.18 Å². The zero-order chi connectivity index (χ0) is 15.0. The van der Waals surface area contributed by atoms with E-state index in [2.05, 4.69) is 24.9 Å². The van der Waals surface area contributed by atoms with Crippen LogP contribution >= 0.6 is 11.3 Å². The second kappa shape index (κ2) is 4.92. The van der Waals surface area contributed by atoms with Crippen LogP contribution in [0.25, 0.3) is 22.2 Å². The second-order valence-electron chi connectivity index (χ2n) is 4.18. The lowest BCUT2D eigenvalue weighted by atomic mass is 10.3. The van der Waals surface area contributed by atoms with Crippen molar-refractivity contribution in [3.8, 4) is 22.2 Å². The van der Waals surface area contributed by atoms with Crippen LogP contribution in [0.2, 0.25) is 0 Å². The summed E-state index contributed by atoms with van der Waals surface area (Å²) in [6, 6.07) is 1.65. The predicted molar refractivity (Wildman–Crippen MR) is 70.5 cm³/mol. The molecule has 3 aromatic heterocycles. The molecule has 1 N–H and O–H groups in total. The molecule has 0 fully saturated rings. The van der Waals surface area contributed by atoms with Crippen molar-refractivity contribution in [2.45, 2.75) is 13.1 Å². The van der Waals surface area contributed by atoms with E-state index in [4.69, 9.17) is 0 Å². The molecule has 3 aromatic rings. The molecule has 0 amide bonds. The van der Waals surface area contributed by atoms with Crippen molar-refractivity contribution in [1.29, 1.82) is 0 Å². The molecule has 108 valence electrons. The Labute approximate surface area is 121 Å². The predicted octanol–water partition coefficient (Wildman–Crippen LogP) is 3.32. The maximum Gasteiger partial charge on any atom is 0.434 e. The number of hydrogen-bond donors (Lipinski definition) is 1. The van der Waals surface area contributed by atoms with Gasteiger partial charge >= 0.3 is 6.18 Å². The fourth-order valence-corrected chi connectivity index (χ4v) is 2.43. The number of halogens is 3. The van der Waals surface area contributed by atoms with Crippen LogP contribution in [0.1, 0.15) is 11.5 Å². The highest BCUT2D eigenvalue weighted by molar-refractivity contribution is 7.13. The molecule has 0 spiro atoms. The van der Waals surface area contributed by atoms with Crippen molar-refractivity contribution in [2.75, 3.05) is 0 Å². The Kier molecular flexibility index (Phi) is 3.20. The molecule has 0 saturated carbocycles. The van der Waals surface area contributed by atoms with Crippen LogP contribution in [0, 0.1) is 6.92 Å². The molecule has 0 radical (unpaired) electrons. The van der Waals surface area contributed by atoms with Gasteiger partial charge in [-0.3, -0.25) is 0 Å². The first-order valence-corrected chi connectivity index (χ1v) is 6.69. The lowest BCUT2D eigenvalue weighted by molar-refractivity contribution is -0.140. The number of rotatable bonds is 2. The van der Waals surface area contributed by atoms with Crippen molar-refractivity contribution in [3.05, 3.63) is 35.4 Å². The summed E-state index contributed by atoms with van der Waals surface area (Å²) in [6.07, 6.45) is -1.39. The van der Waals surface area contributed by atoms with Gasteiger partial charge in [0.25, 0.3) is 0 Å². The van der Waals surface area contributed by atoms with Crippen molar-refractivity contribution in [1.82, 2.24) is 24.9 Å². The van der Waals surface area contributed by atoms with E-state index >= 15 is 0 Å². The van der Waals surface area contributed by atoms with Gasteiger partial charge in [-0.05, 0) is 13.0 Å². The summed E-state index contributed by atoms with van der Waals surface area (Å²) in [4.78, 5) is 18.8. The van der Waals surface area contributed by atoms with E-state index in [1.807, 2.05) is 0 Å². The smallest absolute Gasteiger partial charge is 0.341 e. The minimum Gasteiger partial charge on any atom is -0.341 e. The summed E-state index contributed by atoms with van der Waals surface area (Å²) in [5, 5.41) is 1.08. The van der Waals surface area contributed by atoms with Crippen LogP contribution in [0.5, 0.6) is 0 Å². The topological polar surface area (TPSA) is 67.3 Å². The molecule has 5 nitrogen and oxygen atoms in total. The number of thiazole rings is 1. The third-order valence-corrected chi connectivity index (χ3v) is 3.46. The van der Waals surface area contributed by atoms with Crippen molar-refractivity contribution < 1.29 is 13.2 Å². The van der Waals surface area contributed by atoms with Crippen LogP contribution in [0.15, 0.2) is 23.8 Å². The molecule has 0 aliphatic heterocycles. The van der Waals surface area contributed by atoms with E-state index in [1.165, 1.54) is 6.20 Å². The van der Waals surface area contributed by atoms with E-state index in [1.54, 1.807) is 19.2 Å². The SMILES string of the molecule is Cc1ncc(-c2ccnc(-c3nc(C(F)(F)F)cs3)n2)[nH]1. The Morgan fingerprint density at radius 2 is 2.00 bits per heavy atom. The summed E-state index contributed by atoms with van der Waals surface area (Å²) in [5.41, 5.74) is 0.280. The Morgan fingerprint density at radius 3 is 2.62 bits per heavy atom. The fourth-order valence-electron chi connectivity index (χ4n) is 1.67. The van der Waals surface area contributed by atoms with Crippen molar-refractivity contribution in [2.24, 2.45) is 0 Å². The normalized spacial score (nSPS) is 11.8. The summed E-state index contributed by atoms with van der Waals surface area (Å²) in [6.45, 7) is 1.79. The zero-order valence-corrected chi connectivity index (χ0v) is 11.5. The summed E-state index contributed by atoms with van der Waals surface area (Å²) in [5.74, 6) is 0.874. The largest absolute Gasteiger partial charge is 0.434 e. The second-order valence-corrected chi connectivity index (χ2v) is 5.04. The Balaban J connectivity index is 1.98. The third-order valence-electron chi connectivity index (χ3n) is 2.62. The van der Waals surface area contributed by atoms with Gasteiger partial charge in [-0.15, -0.1) is 11.3 Å².